The maximum Gasteiger partial charge on any atom is 0.225 e. The zero-order valence-electron chi connectivity index (χ0n) is 12.7. The first-order chi connectivity index (χ1) is 11.2. The summed E-state index contributed by atoms with van der Waals surface area (Å²) in [5.74, 6) is 2.20. The molecule has 5 nitrogen and oxygen atoms in total. The molecule has 0 spiro atoms. The fourth-order valence-corrected chi connectivity index (χ4v) is 2.24. The van der Waals surface area contributed by atoms with E-state index >= 15 is 0 Å². The van der Waals surface area contributed by atoms with Crippen molar-refractivity contribution in [3.8, 4) is 0 Å². The van der Waals surface area contributed by atoms with Gasteiger partial charge in [0, 0.05) is 23.3 Å². The van der Waals surface area contributed by atoms with Gasteiger partial charge >= 0.3 is 0 Å². The summed E-state index contributed by atoms with van der Waals surface area (Å²) in [6.45, 7) is 3.16. The molecule has 2 aromatic heterocycles. The van der Waals surface area contributed by atoms with Gasteiger partial charge in [-0.05, 0) is 36.8 Å². The van der Waals surface area contributed by atoms with Gasteiger partial charge < -0.3 is 15.1 Å². The molecule has 0 aliphatic heterocycles. The highest BCUT2D eigenvalue weighted by atomic mass is 35.5. The first-order valence-corrected chi connectivity index (χ1v) is 7.67. The molecule has 0 atom stereocenters. The largest absolute Gasteiger partial charge is 0.467 e. The predicted octanol–water partition coefficient (Wildman–Crippen LogP) is 4.26. The number of halogens is 1. The summed E-state index contributed by atoms with van der Waals surface area (Å²) in [4.78, 5) is 8.86. The van der Waals surface area contributed by atoms with Crippen LogP contribution in [0.1, 0.15) is 17.0 Å². The van der Waals surface area contributed by atoms with Crippen molar-refractivity contribution in [1.82, 2.24) is 9.97 Å². The summed E-state index contributed by atoms with van der Waals surface area (Å²) in [6, 6.07) is 13.4. The Hall–Kier alpha value is -2.53. The Labute approximate surface area is 139 Å². The molecule has 0 aliphatic rings. The lowest BCUT2D eigenvalue weighted by Crippen LogP contribution is -2.07. The Kier molecular flexibility index (Phi) is 4.78. The molecule has 2 N–H and O–H groups in total. The standard InChI is InChI=1S/C17H17ClN4O/c1-12-9-16(19-11-15-3-2-8-23-15)22-17(21-12)20-10-13-4-6-14(18)7-5-13/h2-9H,10-11H2,1H3,(H2,19,20,21,22). The average molecular weight is 329 g/mol. The van der Waals surface area contributed by atoms with E-state index in [0.717, 1.165) is 27.9 Å². The third kappa shape index (κ3) is 4.47. The van der Waals surface area contributed by atoms with E-state index in [1.54, 1.807) is 6.26 Å². The number of rotatable bonds is 6. The monoisotopic (exact) mass is 328 g/mol. The molecule has 0 bridgehead atoms. The van der Waals surface area contributed by atoms with Crippen LogP contribution in [0.15, 0.2) is 53.1 Å². The summed E-state index contributed by atoms with van der Waals surface area (Å²) < 4.78 is 5.30. The molecule has 0 saturated carbocycles. The molecule has 0 aliphatic carbocycles. The number of aromatic nitrogens is 2. The average Bonchev–Trinajstić information content (AvgIpc) is 3.05. The highest BCUT2D eigenvalue weighted by Gasteiger charge is 2.03. The summed E-state index contributed by atoms with van der Waals surface area (Å²) in [5, 5.41) is 7.18. The van der Waals surface area contributed by atoms with E-state index in [1.165, 1.54) is 0 Å². The van der Waals surface area contributed by atoms with Gasteiger partial charge in [-0.15, -0.1) is 0 Å². The highest BCUT2D eigenvalue weighted by Crippen LogP contribution is 2.14. The Bertz CT molecular complexity index is 757. The molecule has 0 fully saturated rings. The Morgan fingerprint density at radius 2 is 1.87 bits per heavy atom. The van der Waals surface area contributed by atoms with E-state index in [-0.39, 0.29) is 0 Å². The molecule has 118 valence electrons. The predicted molar refractivity (Wildman–Crippen MR) is 91.6 cm³/mol. The van der Waals surface area contributed by atoms with Gasteiger partial charge in [0.2, 0.25) is 5.95 Å². The molecule has 0 saturated heterocycles. The van der Waals surface area contributed by atoms with E-state index < -0.39 is 0 Å². The third-order valence-electron chi connectivity index (χ3n) is 3.24. The number of nitrogens with one attached hydrogen (secondary N) is 2. The summed E-state index contributed by atoms with van der Waals surface area (Å²) in [5.41, 5.74) is 2.00. The van der Waals surface area contributed by atoms with Gasteiger partial charge in [0.05, 0.1) is 12.8 Å². The minimum atomic E-state index is 0.583. The number of aryl methyl sites for hydroxylation is 1. The molecule has 23 heavy (non-hydrogen) atoms. The topological polar surface area (TPSA) is 63.0 Å². The lowest BCUT2D eigenvalue weighted by molar-refractivity contribution is 0.518. The zero-order valence-corrected chi connectivity index (χ0v) is 13.5. The molecular formula is C17H17ClN4O. The van der Waals surface area contributed by atoms with E-state index in [4.69, 9.17) is 16.0 Å². The normalized spacial score (nSPS) is 10.5. The van der Waals surface area contributed by atoms with Crippen LogP contribution in [0.3, 0.4) is 0 Å². The van der Waals surface area contributed by atoms with Crippen molar-refractivity contribution in [2.24, 2.45) is 0 Å². The molecule has 0 unspecified atom stereocenters. The first kappa shape index (κ1) is 15.4. The van der Waals surface area contributed by atoms with Gasteiger partial charge in [-0.25, -0.2) is 4.98 Å². The maximum atomic E-state index is 5.89. The van der Waals surface area contributed by atoms with Crippen LogP contribution in [0.5, 0.6) is 0 Å². The Balaban J connectivity index is 1.63. The van der Waals surface area contributed by atoms with E-state index in [1.807, 2.05) is 49.4 Å². The zero-order chi connectivity index (χ0) is 16.1. The lowest BCUT2D eigenvalue weighted by Gasteiger charge is -2.09. The molecule has 0 radical (unpaired) electrons. The van der Waals surface area contributed by atoms with Crippen molar-refractivity contribution < 1.29 is 4.42 Å². The van der Waals surface area contributed by atoms with Gasteiger partial charge in [0.1, 0.15) is 11.6 Å². The van der Waals surface area contributed by atoms with Crippen molar-refractivity contribution in [1.29, 1.82) is 0 Å². The SMILES string of the molecule is Cc1cc(NCc2ccco2)nc(NCc2ccc(Cl)cc2)n1. The summed E-state index contributed by atoms with van der Waals surface area (Å²) >= 11 is 5.89. The van der Waals surface area contributed by atoms with Gasteiger partial charge in [0.15, 0.2) is 0 Å². The van der Waals surface area contributed by atoms with Gasteiger partial charge in [-0.1, -0.05) is 23.7 Å². The van der Waals surface area contributed by atoms with Crippen molar-refractivity contribution in [3.63, 3.8) is 0 Å². The number of hydrogen-bond acceptors (Lipinski definition) is 5. The van der Waals surface area contributed by atoms with Crippen molar-refractivity contribution >= 4 is 23.4 Å². The molecule has 2 heterocycles. The van der Waals surface area contributed by atoms with Crippen LogP contribution in [0.2, 0.25) is 5.02 Å². The Morgan fingerprint density at radius 1 is 1.04 bits per heavy atom. The van der Waals surface area contributed by atoms with E-state index in [0.29, 0.717) is 19.0 Å². The van der Waals surface area contributed by atoms with Crippen molar-refractivity contribution in [3.05, 3.63) is 70.8 Å². The molecule has 0 amide bonds. The lowest BCUT2D eigenvalue weighted by atomic mass is 10.2. The van der Waals surface area contributed by atoms with Crippen LogP contribution in [0.4, 0.5) is 11.8 Å². The smallest absolute Gasteiger partial charge is 0.225 e. The first-order valence-electron chi connectivity index (χ1n) is 7.29. The molecule has 3 aromatic rings. The molecule has 3 rings (SSSR count). The minimum Gasteiger partial charge on any atom is -0.467 e. The second-order valence-electron chi connectivity index (χ2n) is 5.13. The van der Waals surface area contributed by atoms with Crippen LogP contribution < -0.4 is 10.6 Å². The quantitative estimate of drug-likeness (QED) is 0.708. The number of nitrogens with zero attached hydrogens (tertiary/aromatic N) is 2. The van der Waals surface area contributed by atoms with Gasteiger partial charge in [0.25, 0.3) is 0 Å². The molecular weight excluding hydrogens is 312 g/mol. The van der Waals surface area contributed by atoms with Crippen molar-refractivity contribution in [2.45, 2.75) is 20.0 Å². The minimum absolute atomic E-state index is 0.583. The number of anilines is 2. The Morgan fingerprint density at radius 3 is 2.61 bits per heavy atom. The van der Waals surface area contributed by atoms with Gasteiger partial charge in [-0.3, -0.25) is 0 Å². The fourth-order valence-electron chi connectivity index (χ4n) is 2.11. The second kappa shape index (κ2) is 7.15. The van der Waals surface area contributed by atoms with Crippen LogP contribution in [0.25, 0.3) is 0 Å². The van der Waals surface area contributed by atoms with E-state index in [2.05, 4.69) is 20.6 Å². The van der Waals surface area contributed by atoms with Crippen LogP contribution in [0, 0.1) is 6.92 Å². The number of furan rings is 1. The van der Waals surface area contributed by atoms with Crippen molar-refractivity contribution in [2.75, 3.05) is 10.6 Å². The van der Waals surface area contributed by atoms with Crippen LogP contribution >= 0.6 is 11.6 Å². The number of hydrogen-bond donors (Lipinski definition) is 2. The maximum absolute atomic E-state index is 5.89. The fraction of sp³-hybridized carbons (Fsp3) is 0.176. The number of benzene rings is 1. The van der Waals surface area contributed by atoms with Gasteiger partial charge in [-0.2, -0.15) is 4.98 Å². The summed E-state index contributed by atoms with van der Waals surface area (Å²) in [6.07, 6.45) is 1.65. The van der Waals surface area contributed by atoms with Crippen LogP contribution in [-0.4, -0.2) is 9.97 Å². The van der Waals surface area contributed by atoms with Crippen LogP contribution in [-0.2, 0) is 13.1 Å². The molecule has 1 aromatic carbocycles. The third-order valence-corrected chi connectivity index (χ3v) is 3.49. The van der Waals surface area contributed by atoms with E-state index in [9.17, 15) is 0 Å². The highest BCUT2D eigenvalue weighted by molar-refractivity contribution is 6.30. The summed E-state index contributed by atoms with van der Waals surface area (Å²) in [7, 11) is 0. The second-order valence-corrected chi connectivity index (χ2v) is 5.57. The molecule has 6 heteroatoms.